The third-order valence-corrected chi connectivity index (χ3v) is 5.33. The van der Waals surface area contributed by atoms with Crippen molar-refractivity contribution in [1.82, 2.24) is 10.2 Å². The quantitative estimate of drug-likeness (QED) is 0.908. The van der Waals surface area contributed by atoms with E-state index in [1.165, 1.54) is 30.4 Å². The van der Waals surface area contributed by atoms with Crippen LogP contribution in [0.1, 0.15) is 60.0 Å². The SMILES string of the molecule is Cc1c(C(=O)N2CCCC(C)C2)cccc1C1CCNCC1. The average molecular weight is 300 g/mol. The molecule has 0 saturated carbocycles. The van der Waals surface area contributed by atoms with Gasteiger partial charge in [-0.3, -0.25) is 4.79 Å². The van der Waals surface area contributed by atoms with Crippen LogP contribution < -0.4 is 5.32 Å². The van der Waals surface area contributed by atoms with Crippen molar-refractivity contribution in [1.29, 1.82) is 0 Å². The van der Waals surface area contributed by atoms with Gasteiger partial charge in [0.25, 0.3) is 5.91 Å². The number of likely N-dealkylation sites (tertiary alicyclic amines) is 1. The van der Waals surface area contributed by atoms with Crippen molar-refractivity contribution in [3.63, 3.8) is 0 Å². The van der Waals surface area contributed by atoms with E-state index in [1.807, 2.05) is 6.07 Å². The molecule has 1 unspecified atom stereocenters. The molecule has 0 aliphatic carbocycles. The third kappa shape index (κ3) is 3.19. The molecule has 1 N–H and O–H groups in total. The third-order valence-electron chi connectivity index (χ3n) is 5.33. The number of carbonyl (C=O) groups excluding carboxylic acids is 1. The number of carbonyl (C=O) groups is 1. The van der Waals surface area contributed by atoms with Crippen LogP contribution in [-0.4, -0.2) is 37.0 Å². The molecule has 0 bridgehead atoms. The predicted molar refractivity (Wildman–Crippen MR) is 90.3 cm³/mol. The number of amides is 1. The van der Waals surface area contributed by atoms with Gasteiger partial charge in [-0.1, -0.05) is 19.1 Å². The van der Waals surface area contributed by atoms with Crippen LogP contribution >= 0.6 is 0 Å². The fraction of sp³-hybridized carbons (Fsp3) is 0.632. The van der Waals surface area contributed by atoms with Crippen LogP contribution in [0.5, 0.6) is 0 Å². The summed E-state index contributed by atoms with van der Waals surface area (Å²) in [5, 5.41) is 3.42. The minimum Gasteiger partial charge on any atom is -0.338 e. The molecular formula is C19H28N2O. The maximum atomic E-state index is 12.9. The molecule has 2 saturated heterocycles. The van der Waals surface area contributed by atoms with Gasteiger partial charge < -0.3 is 10.2 Å². The maximum Gasteiger partial charge on any atom is 0.254 e. The van der Waals surface area contributed by atoms with E-state index in [-0.39, 0.29) is 5.91 Å². The summed E-state index contributed by atoms with van der Waals surface area (Å²) in [7, 11) is 0. The molecule has 3 heteroatoms. The minimum absolute atomic E-state index is 0.236. The van der Waals surface area contributed by atoms with Gasteiger partial charge >= 0.3 is 0 Å². The Labute approximate surface area is 134 Å². The zero-order valence-electron chi connectivity index (χ0n) is 13.9. The van der Waals surface area contributed by atoms with Crippen molar-refractivity contribution >= 4 is 5.91 Å². The predicted octanol–water partition coefficient (Wildman–Crippen LogP) is 3.33. The molecule has 0 aromatic heterocycles. The highest BCUT2D eigenvalue weighted by Gasteiger charge is 2.25. The van der Waals surface area contributed by atoms with Gasteiger partial charge in [-0.25, -0.2) is 0 Å². The maximum absolute atomic E-state index is 12.9. The molecule has 1 amide bonds. The van der Waals surface area contributed by atoms with E-state index in [0.717, 1.165) is 38.2 Å². The van der Waals surface area contributed by atoms with E-state index in [2.05, 4.69) is 36.2 Å². The van der Waals surface area contributed by atoms with Crippen LogP contribution in [0.4, 0.5) is 0 Å². The molecule has 2 fully saturated rings. The number of nitrogens with one attached hydrogen (secondary N) is 1. The molecule has 0 spiro atoms. The number of rotatable bonds is 2. The molecule has 2 aliphatic heterocycles. The molecule has 0 radical (unpaired) electrons. The molecule has 120 valence electrons. The van der Waals surface area contributed by atoms with Crippen LogP contribution in [0, 0.1) is 12.8 Å². The zero-order valence-corrected chi connectivity index (χ0v) is 13.9. The van der Waals surface area contributed by atoms with Crippen LogP contribution in [-0.2, 0) is 0 Å². The Kier molecular flexibility index (Phi) is 4.82. The minimum atomic E-state index is 0.236. The zero-order chi connectivity index (χ0) is 15.5. The number of piperidine rings is 2. The Morgan fingerprint density at radius 3 is 2.73 bits per heavy atom. The molecule has 1 aromatic rings. The Morgan fingerprint density at radius 1 is 1.23 bits per heavy atom. The summed E-state index contributed by atoms with van der Waals surface area (Å²) in [6.45, 7) is 8.39. The highest BCUT2D eigenvalue weighted by molar-refractivity contribution is 5.96. The normalized spacial score (nSPS) is 23.5. The average Bonchev–Trinajstić information content (AvgIpc) is 2.55. The van der Waals surface area contributed by atoms with E-state index in [0.29, 0.717) is 11.8 Å². The smallest absolute Gasteiger partial charge is 0.254 e. The first-order chi connectivity index (χ1) is 10.7. The molecule has 3 nitrogen and oxygen atoms in total. The molecule has 2 heterocycles. The standard InChI is InChI=1S/C19H28N2O/c1-14-5-4-12-21(13-14)19(22)18-7-3-6-17(15(18)2)16-8-10-20-11-9-16/h3,6-7,14,16,20H,4-5,8-13H2,1-2H3. The van der Waals surface area contributed by atoms with E-state index < -0.39 is 0 Å². The number of nitrogens with zero attached hydrogens (tertiary/aromatic N) is 1. The summed E-state index contributed by atoms with van der Waals surface area (Å²) in [6.07, 6.45) is 4.75. The summed E-state index contributed by atoms with van der Waals surface area (Å²) in [5.74, 6) is 1.47. The lowest BCUT2D eigenvalue weighted by Crippen LogP contribution is -2.39. The highest BCUT2D eigenvalue weighted by atomic mass is 16.2. The largest absolute Gasteiger partial charge is 0.338 e. The Morgan fingerprint density at radius 2 is 2.00 bits per heavy atom. The van der Waals surface area contributed by atoms with Crippen molar-refractivity contribution < 1.29 is 4.79 Å². The van der Waals surface area contributed by atoms with Gasteiger partial charge in [0.15, 0.2) is 0 Å². The first-order valence-electron chi connectivity index (χ1n) is 8.76. The Balaban J connectivity index is 1.82. The van der Waals surface area contributed by atoms with Crippen LogP contribution in [0.15, 0.2) is 18.2 Å². The highest BCUT2D eigenvalue weighted by Crippen LogP contribution is 2.30. The van der Waals surface area contributed by atoms with E-state index >= 15 is 0 Å². The van der Waals surface area contributed by atoms with E-state index in [4.69, 9.17) is 0 Å². The van der Waals surface area contributed by atoms with Crippen LogP contribution in [0.2, 0.25) is 0 Å². The molecule has 1 atom stereocenters. The topological polar surface area (TPSA) is 32.3 Å². The molecule has 3 rings (SSSR count). The number of hydrogen-bond acceptors (Lipinski definition) is 2. The Hall–Kier alpha value is -1.35. The van der Waals surface area contributed by atoms with Crippen molar-refractivity contribution in [2.75, 3.05) is 26.2 Å². The molecule has 2 aliphatic rings. The van der Waals surface area contributed by atoms with Crippen LogP contribution in [0.3, 0.4) is 0 Å². The van der Waals surface area contributed by atoms with Gasteiger partial charge in [-0.05, 0) is 74.7 Å². The van der Waals surface area contributed by atoms with Gasteiger partial charge in [0.2, 0.25) is 0 Å². The molecule has 22 heavy (non-hydrogen) atoms. The van der Waals surface area contributed by atoms with Gasteiger partial charge in [-0.2, -0.15) is 0 Å². The van der Waals surface area contributed by atoms with Gasteiger partial charge in [-0.15, -0.1) is 0 Å². The second-order valence-electron chi connectivity index (χ2n) is 7.04. The number of hydrogen-bond donors (Lipinski definition) is 1. The fourth-order valence-corrected chi connectivity index (χ4v) is 4.00. The summed E-state index contributed by atoms with van der Waals surface area (Å²) >= 11 is 0. The van der Waals surface area contributed by atoms with E-state index in [1.54, 1.807) is 0 Å². The monoisotopic (exact) mass is 300 g/mol. The number of benzene rings is 1. The lowest BCUT2D eigenvalue weighted by molar-refractivity contribution is 0.0682. The molecular weight excluding hydrogens is 272 g/mol. The van der Waals surface area contributed by atoms with Gasteiger partial charge in [0.05, 0.1) is 0 Å². The molecule has 1 aromatic carbocycles. The van der Waals surface area contributed by atoms with Crippen molar-refractivity contribution in [3.8, 4) is 0 Å². The van der Waals surface area contributed by atoms with Crippen molar-refractivity contribution in [2.45, 2.75) is 45.4 Å². The van der Waals surface area contributed by atoms with Crippen molar-refractivity contribution in [2.24, 2.45) is 5.92 Å². The summed E-state index contributed by atoms with van der Waals surface area (Å²) in [6, 6.07) is 6.31. The summed E-state index contributed by atoms with van der Waals surface area (Å²) in [4.78, 5) is 15.0. The van der Waals surface area contributed by atoms with Gasteiger partial charge in [0, 0.05) is 18.7 Å². The Bertz CT molecular complexity index is 534. The van der Waals surface area contributed by atoms with E-state index in [9.17, 15) is 4.79 Å². The van der Waals surface area contributed by atoms with Gasteiger partial charge in [0.1, 0.15) is 0 Å². The summed E-state index contributed by atoms with van der Waals surface area (Å²) in [5.41, 5.74) is 3.51. The fourth-order valence-electron chi connectivity index (χ4n) is 4.00. The first kappa shape index (κ1) is 15.5. The van der Waals surface area contributed by atoms with Crippen LogP contribution in [0.25, 0.3) is 0 Å². The lowest BCUT2D eigenvalue weighted by atomic mass is 9.85. The lowest BCUT2D eigenvalue weighted by Gasteiger charge is -2.32. The summed E-state index contributed by atoms with van der Waals surface area (Å²) < 4.78 is 0. The first-order valence-corrected chi connectivity index (χ1v) is 8.76. The second-order valence-corrected chi connectivity index (χ2v) is 7.04. The van der Waals surface area contributed by atoms with Crippen molar-refractivity contribution in [3.05, 3.63) is 34.9 Å². The second kappa shape index (κ2) is 6.82.